The second-order valence-electron chi connectivity index (χ2n) is 3.85. The van der Waals surface area contributed by atoms with E-state index in [0.717, 1.165) is 0 Å². The van der Waals surface area contributed by atoms with Crippen LogP contribution in [0.2, 0.25) is 5.02 Å². The summed E-state index contributed by atoms with van der Waals surface area (Å²) in [5.74, 6) is 0. The van der Waals surface area contributed by atoms with Crippen LogP contribution in [0.4, 0.5) is 0 Å². The highest BCUT2D eigenvalue weighted by Gasteiger charge is 2.33. The zero-order valence-corrected chi connectivity index (χ0v) is 9.55. The zero-order chi connectivity index (χ0) is 12.6. The number of ether oxygens (including phenoxy) is 1. The van der Waals surface area contributed by atoms with E-state index in [1.165, 1.54) is 10.8 Å². The molecule has 1 aromatic rings. The lowest BCUT2D eigenvalue weighted by atomic mass is 10.1. The van der Waals surface area contributed by atoms with E-state index in [0.29, 0.717) is 6.42 Å². The van der Waals surface area contributed by atoms with Crippen molar-refractivity contribution in [3.8, 4) is 0 Å². The Morgan fingerprint density at radius 1 is 1.65 bits per heavy atom. The van der Waals surface area contributed by atoms with Crippen molar-refractivity contribution in [2.24, 2.45) is 5.73 Å². The Morgan fingerprint density at radius 2 is 2.35 bits per heavy atom. The van der Waals surface area contributed by atoms with E-state index in [9.17, 15) is 9.59 Å². The summed E-state index contributed by atoms with van der Waals surface area (Å²) in [5, 5.41) is 8.89. The van der Waals surface area contributed by atoms with Gasteiger partial charge in [0.15, 0.2) is 0 Å². The minimum absolute atomic E-state index is 0.103. The molecule has 2 rings (SSSR count). The fourth-order valence-corrected chi connectivity index (χ4v) is 1.93. The number of nitrogens with zero attached hydrogens (tertiary/aromatic N) is 1. The smallest absolute Gasteiger partial charge is 0.330 e. The average molecular weight is 262 g/mol. The Balaban J connectivity index is 2.34. The van der Waals surface area contributed by atoms with Gasteiger partial charge in [-0.3, -0.25) is 14.3 Å². The quantitative estimate of drug-likeness (QED) is 0.619. The maximum atomic E-state index is 11.5. The topological polar surface area (TPSA) is 110 Å². The average Bonchev–Trinajstić information content (AvgIpc) is 2.65. The zero-order valence-electron chi connectivity index (χ0n) is 8.80. The molecule has 1 aliphatic rings. The lowest BCUT2D eigenvalue weighted by molar-refractivity contribution is -0.0271. The summed E-state index contributed by atoms with van der Waals surface area (Å²) in [7, 11) is 0. The van der Waals surface area contributed by atoms with Gasteiger partial charge in [0.05, 0.1) is 12.7 Å². The van der Waals surface area contributed by atoms with Crippen molar-refractivity contribution < 1.29 is 9.84 Å². The van der Waals surface area contributed by atoms with Crippen LogP contribution in [0, 0.1) is 0 Å². The van der Waals surface area contributed by atoms with Crippen molar-refractivity contribution in [1.82, 2.24) is 9.55 Å². The molecule has 17 heavy (non-hydrogen) atoms. The highest BCUT2D eigenvalue weighted by Crippen LogP contribution is 2.26. The van der Waals surface area contributed by atoms with Crippen LogP contribution in [0.15, 0.2) is 15.8 Å². The fourth-order valence-electron chi connectivity index (χ4n) is 1.78. The van der Waals surface area contributed by atoms with E-state index < -0.39 is 23.6 Å². The molecule has 0 radical (unpaired) electrons. The third kappa shape index (κ3) is 2.27. The van der Waals surface area contributed by atoms with Crippen molar-refractivity contribution in [3.05, 3.63) is 32.1 Å². The van der Waals surface area contributed by atoms with Crippen molar-refractivity contribution >= 4 is 11.6 Å². The Labute approximate surface area is 101 Å². The molecule has 0 saturated carbocycles. The van der Waals surface area contributed by atoms with Crippen LogP contribution in [0.5, 0.6) is 0 Å². The van der Waals surface area contributed by atoms with E-state index in [4.69, 9.17) is 27.2 Å². The SMILES string of the molecule is N[C@@H]1C[C@@H](n2cc(Cl)c(=O)[nH]c2=O)O[C@H]1CO. The third-order valence-corrected chi connectivity index (χ3v) is 2.97. The Morgan fingerprint density at radius 3 is 2.94 bits per heavy atom. The van der Waals surface area contributed by atoms with E-state index in [-0.39, 0.29) is 17.7 Å². The van der Waals surface area contributed by atoms with Crippen LogP contribution in [-0.2, 0) is 4.74 Å². The number of hydrogen-bond acceptors (Lipinski definition) is 5. The molecule has 1 aromatic heterocycles. The lowest BCUT2D eigenvalue weighted by Gasteiger charge is -2.14. The number of aliphatic hydroxyl groups is 1. The van der Waals surface area contributed by atoms with Crippen molar-refractivity contribution in [2.45, 2.75) is 24.8 Å². The first-order valence-electron chi connectivity index (χ1n) is 5.05. The number of aromatic amines is 1. The first kappa shape index (κ1) is 12.3. The van der Waals surface area contributed by atoms with Crippen LogP contribution in [0.25, 0.3) is 0 Å². The van der Waals surface area contributed by atoms with Crippen LogP contribution in [-0.4, -0.2) is 33.4 Å². The number of hydrogen-bond donors (Lipinski definition) is 3. The molecular formula is C9H12ClN3O4. The van der Waals surface area contributed by atoms with Crippen LogP contribution >= 0.6 is 11.6 Å². The molecule has 2 heterocycles. The summed E-state index contributed by atoms with van der Waals surface area (Å²) in [6.45, 7) is -0.219. The van der Waals surface area contributed by atoms with Gasteiger partial charge in [0.25, 0.3) is 5.56 Å². The predicted molar refractivity (Wildman–Crippen MR) is 59.9 cm³/mol. The molecule has 0 aliphatic carbocycles. The summed E-state index contributed by atoms with van der Waals surface area (Å²) < 4.78 is 6.56. The monoisotopic (exact) mass is 261 g/mol. The maximum absolute atomic E-state index is 11.5. The lowest BCUT2D eigenvalue weighted by Crippen LogP contribution is -2.32. The van der Waals surface area contributed by atoms with Crippen LogP contribution in [0.3, 0.4) is 0 Å². The summed E-state index contributed by atoms with van der Waals surface area (Å²) in [5.41, 5.74) is 4.47. The minimum Gasteiger partial charge on any atom is -0.394 e. The van der Waals surface area contributed by atoms with Gasteiger partial charge in [-0.2, -0.15) is 0 Å². The van der Waals surface area contributed by atoms with E-state index in [1.807, 2.05) is 0 Å². The Bertz CT molecular complexity index is 526. The van der Waals surface area contributed by atoms with Crippen molar-refractivity contribution in [2.75, 3.05) is 6.61 Å². The maximum Gasteiger partial charge on any atom is 0.330 e. The van der Waals surface area contributed by atoms with Gasteiger partial charge in [0.2, 0.25) is 0 Å². The van der Waals surface area contributed by atoms with Crippen LogP contribution in [0.1, 0.15) is 12.6 Å². The van der Waals surface area contributed by atoms with Crippen LogP contribution < -0.4 is 17.0 Å². The van der Waals surface area contributed by atoms with Gasteiger partial charge < -0.3 is 15.6 Å². The molecule has 0 bridgehead atoms. The summed E-state index contributed by atoms with van der Waals surface area (Å²) in [6.07, 6.45) is 0.439. The normalized spacial score (nSPS) is 28.5. The Kier molecular flexibility index (Phi) is 3.34. The molecule has 3 atom stereocenters. The number of nitrogens with one attached hydrogen (secondary N) is 1. The molecule has 1 saturated heterocycles. The largest absolute Gasteiger partial charge is 0.394 e. The summed E-state index contributed by atoms with van der Waals surface area (Å²) >= 11 is 5.63. The molecule has 0 amide bonds. The number of H-pyrrole nitrogens is 1. The van der Waals surface area contributed by atoms with Crippen molar-refractivity contribution in [1.29, 1.82) is 0 Å². The van der Waals surface area contributed by atoms with E-state index in [2.05, 4.69) is 4.98 Å². The third-order valence-electron chi connectivity index (χ3n) is 2.70. The number of aliphatic hydroxyl groups excluding tert-OH is 1. The molecule has 0 unspecified atom stereocenters. The van der Waals surface area contributed by atoms with Gasteiger partial charge >= 0.3 is 5.69 Å². The van der Waals surface area contributed by atoms with E-state index >= 15 is 0 Å². The highest BCUT2D eigenvalue weighted by atomic mass is 35.5. The fraction of sp³-hybridized carbons (Fsp3) is 0.556. The standard InChI is InChI=1S/C9H12ClN3O4/c10-4-2-13(9(16)12-8(4)15)7-1-5(11)6(3-14)17-7/h2,5-7,14H,1,3,11H2,(H,12,15,16)/t5-,6+,7+/m1/s1. The molecule has 0 spiro atoms. The molecule has 94 valence electrons. The van der Waals surface area contributed by atoms with Gasteiger partial charge in [0.1, 0.15) is 11.3 Å². The highest BCUT2D eigenvalue weighted by molar-refractivity contribution is 6.30. The molecule has 1 aliphatic heterocycles. The minimum atomic E-state index is -0.645. The van der Waals surface area contributed by atoms with Gasteiger partial charge in [-0.1, -0.05) is 11.6 Å². The number of aromatic nitrogens is 2. The number of nitrogens with two attached hydrogens (primary N) is 1. The van der Waals surface area contributed by atoms with Gasteiger partial charge in [-0.25, -0.2) is 4.79 Å². The molecule has 0 aromatic carbocycles. The molecule has 8 heteroatoms. The van der Waals surface area contributed by atoms with Crippen molar-refractivity contribution in [3.63, 3.8) is 0 Å². The van der Waals surface area contributed by atoms with Gasteiger partial charge in [0, 0.05) is 18.7 Å². The molecule has 7 nitrogen and oxygen atoms in total. The molecular weight excluding hydrogens is 250 g/mol. The van der Waals surface area contributed by atoms with Gasteiger partial charge in [-0.05, 0) is 0 Å². The second-order valence-corrected chi connectivity index (χ2v) is 4.26. The number of halogens is 1. The summed E-state index contributed by atoms with van der Waals surface area (Å²) in [4.78, 5) is 24.7. The first-order chi connectivity index (χ1) is 8.02. The van der Waals surface area contributed by atoms with E-state index in [1.54, 1.807) is 0 Å². The molecule has 4 N–H and O–H groups in total. The van der Waals surface area contributed by atoms with Gasteiger partial charge in [-0.15, -0.1) is 0 Å². The summed E-state index contributed by atoms with van der Waals surface area (Å²) in [6, 6.07) is -0.359. The first-order valence-corrected chi connectivity index (χ1v) is 5.43. The second kappa shape index (κ2) is 4.61. The predicted octanol–water partition coefficient (Wildman–Crippen LogP) is -1.20. The Hall–Kier alpha value is -1.15. The number of rotatable bonds is 2. The molecule has 1 fully saturated rings.